The normalized spacial score (nSPS) is 15.4. The van der Waals surface area contributed by atoms with Crippen molar-refractivity contribution in [3.8, 4) is 0 Å². The molecule has 0 saturated carbocycles. The van der Waals surface area contributed by atoms with Crippen molar-refractivity contribution in [1.82, 2.24) is 10.3 Å². The lowest BCUT2D eigenvalue weighted by Gasteiger charge is -2.28. The molecule has 0 aliphatic rings. The molecule has 0 aliphatic carbocycles. The van der Waals surface area contributed by atoms with Gasteiger partial charge in [-0.05, 0) is 18.4 Å². The van der Waals surface area contributed by atoms with Crippen LogP contribution in [0.5, 0.6) is 0 Å². The molecule has 1 heterocycles. The van der Waals surface area contributed by atoms with Gasteiger partial charge in [0, 0.05) is 23.5 Å². The molecule has 1 aromatic carbocycles. The standard InChI is InChI=1S/C19H23F3N2O2S/c1-12(2)15(14-7-5-4-6-8-14)10-23-16(25)9-18(26,19(20,21)22)17-24-13(3)11-27-17/h4-8,11-12,15,26H,9-10H2,1-3H3,(H,23,25). The molecule has 2 rings (SSSR count). The van der Waals surface area contributed by atoms with Gasteiger partial charge in [0.05, 0.1) is 6.42 Å². The summed E-state index contributed by atoms with van der Waals surface area (Å²) in [7, 11) is 0. The van der Waals surface area contributed by atoms with Crippen molar-refractivity contribution < 1.29 is 23.1 Å². The van der Waals surface area contributed by atoms with Gasteiger partial charge in [0.15, 0.2) is 0 Å². The summed E-state index contributed by atoms with van der Waals surface area (Å²) in [5.41, 5.74) is -1.94. The quantitative estimate of drug-likeness (QED) is 0.734. The second kappa shape index (κ2) is 8.39. The number of amides is 1. The zero-order chi connectivity index (χ0) is 20.2. The number of nitrogens with one attached hydrogen (secondary N) is 1. The third-order valence-corrected chi connectivity index (χ3v) is 5.52. The molecule has 1 amide bonds. The van der Waals surface area contributed by atoms with Crippen LogP contribution >= 0.6 is 11.3 Å². The summed E-state index contributed by atoms with van der Waals surface area (Å²) < 4.78 is 40.5. The van der Waals surface area contributed by atoms with E-state index in [1.807, 2.05) is 44.2 Å². The Hall–Kier alpha value is -1.93. The van der Waals surface area contributed by atoms with Gasteiger partial charge in [-0.3, -0.25) is 4.79 Å². The van der Waals surface area contributed by atoms with Crippen LogP contribution in [-0.4, -0.2) is 28.7 Å². The van der Waals surface area contributed by atoms with Crippen LogP contribution in [0, 0.1) is 12.8 Å². The maximum atomic E-state index is 13.5. The molecule has 0 saturated heterocycles. The minimum absolute atomic E-state index is 0.0452. The Balaban J connectivity index is 2.12. The number of halogens is 3. The highest BCUT2D eigenvalue weighted by molar-refractivity contribution is 7.09. The number of benzene rings is 1. The summed E-state index contributed by atoms with van der Waals surface area (Å²) >= 11 is 0.690. The molecule has 148 valence electrons. The highest BCUT2D eigenvalue weighted by Crippen LogP contribution is 2.42. The predicted molar refractivity (Wildman–Crippen MR) is 98.5 cm³/mol. The maximum absolute atomic E-state index is 13.5. The number of hydrogen-bond donors (Lipinski definition) is 2. The molecule has 0 aliphatic heterocycles. The van der Waals surface area contributed by atoms with Gasteiger partial charge in [0.2, 0.25) is 11.5 Å². The van der Waals surface area contributed by atoms with E-state index in [9.17, 15) is 23.1 Å². The number of nitrogens with zero attached hydrogens (tertiary/aromatic N) is 1. The van der Waals surface area contributed by atoms with E-state index in [2.05, 4.69) is 10.3 Å². The Morgan fingerprint density at radius 1 is 1.26 bits per heavy atom. The first-order valence-electron chi connectivity index (χ1n) is 8.58. The molecule has 2 unspecified atom stereocenters. The molecule has 27 heavy (non-hydrogen) atoms. The van der Waals surface area contributed by atoms with Gasteiger partial charge < -0.3 is 10.4 Å². The van der Waals surface area contributed by atoms with E-state index in [-0.39, 0.29) is 18.4 Å². The fraction of sp³-hybridized carbons (Fsp3) is 0.474. The average molecular weight is 400 g/mol. The molecule has 8 heteroatoms. The summed E-state index contributed by atoms with van der Waals surface area (Å²) in [6.07, 6.45) is -6.13. The van der Waals surface area contributed by atoms with E-state index in [0.29, 0.717) is 17.0 Å². The Labute approximate surface area is 160 Å². The molecular formula is C19H23F3N2O2S. The van der Waals surface area contributed by atoms with Gasteiger partial charge in [-0.25, -0.2) is 4.98 Å². The lowest BCUT2D eigenvalue weighted by molar-refractivity contribution is -0.267. The molecule has 4 nitrogen and oxygen atoms in total. The first kappa shape index (κ1) is 21.4. The van der Waals surface area contributed by atoms with Crippen molar-refractivity contribution in [3.63, 3.8) is 0 Å². The van der Waals surface area contributed by atoms with Crippen molar-refractivity contribution in [2.75, 3.05) is 6.54 Å². The number of hydrogen-bond acceptors (Lipinski definition) is 4. The molecular weight excluding hydrogens is 377 g/mol. The lowest BCUT2D eigenvalue weighted by atomic mass is 9.88. The van der Waals surface area contributed by atoms with Gasteiger partial charge >= 0.3 is 6.18 Å². The van der Waals surface area contributed by atoms with E-state index in [4.69, 9.17) is 0 Å². The summed E-state index contributed by atoms with van der Waals surface area (Å²) in [5, 5.41) is 13.7. The van der Waals surface area contributed by atoms with Crippen LogP contribution in [0.4, 0.5) is 13.2 Å². The Morgan fingerprint density at radius 3 is 2.37 bits per heavy atom. The van der Waals surface area contributed by atoms with Gasteiger partial charge in [0.1, 0.15) is 5.01 Å². The number of carbonyl (C=O) groups excluding carboxylic acids is 1. The van der Waals surface area contributed by atoms with Crippen LogP contribution in [0.1, 0.15) is 42.5 Å². The highest BCUT2D eigenvalue weighted by atomic mass is 32.1. The van der Waals surface area contributed by atoms with Crippen LogP contribution in [-0.2, 0) is 10.4 Å². The minimum Gasteiger partial charge on any atom is -0.374 e. The number of aryl methyl sites for hydroxylation is 1. The smallest absolute Gasteiger partial charge is 0.374 e. The zero-order valence-corrected chi connectivity index (χ0v) is 16.2. The molecule has 2 N–H and O–H groups in total. The fourth-order valence-corrected chi connectivity index (χ4v) is 3.71. The Kier molecular flexibility index (Phi) is 6.64. The van der Waals surface area contributed by atoms with Crippen LogP contribution < -0.4 is 5.32 Å². The van der Waals surface area contributed by atoms with Gasteiger partial charge in [-0.15, -0.1) is 11.3 Å². The lowest BCUT2D eigenvalue weighted by Crippen LogP contribution is -2.46. The van der Waals surface area contributed by atoms with E-state index in [0.717, 1.165) is 5.56 Å². The van der Waals surface area contributed by atoms with Gasteiger partial charge in [-0.1, -0.05) is 44.2 Å². The number of aliphatic hydroxyl groups is 1. The van der Waals surface area contributed by atoms with Crippen molar-refractivity contribution >= 4 is 17.2 Å². The largest absolute Gasteiger partial charge is 0.424 e. The fourth-order valence-electron chi connectivity index (χ4n) is 2.80. The number of aromatic nitrogens is 1. The van der Waals surface area contributed by atoms with E-state index in [1.165, 1.54) is 12.3 Å². The maximum Gasteiger partial charge on any atom is 0.424 e. The second-order valence-electron chi connectivity index (χ2n) is 6.89. The van der Waals surface area contributed by atoms with Crippen molar-refractivity contribution in [1.29, 1.82) is 0 Å². The number of thiazole rings is 1. The molecule has 0 bridgehead atoms. The number of alkyl halides is 3. The van der Waals surface area contributed by atoms with E-state index >= 15 is 0 Å². The summed E-state index contributed by atoms with van der Waals surface area (Å²) in [6, 6.07) is 9.46. The average Bonchev–Trinajstić information content (AvgIpc) is 3.01. The molecule has 0 radical (unpaired) electrons. The Bertz CT molecular complexity index is 762. The summed E-state index contributed by atoms with van der Waals surface area (Å²) in [6.45, 7) is 5.68. The van der Waals surface area contributed by atoms with Crippen molar-refractivity contribution in [2.45, 2.75) is 44.9 Å². The zero-order valence-electron chi connectivity index (χ0n) is 15.4. The first-order chi connectivity index (χ1) is 12.5. The van der Waals surface area contributed by atoms with Gasteiger partial charge in [0.25, 0.3) is 0 Å². The monoisotopic (exact) mass is 400 g/mol. The number of carbonyl (C=O) groups is 1. The third-order valence-electron chi connectivity index (χ3n) is 4.41. The van der Waals surface area contributed by atoms with Crippen LogP contribution in [0.25, 0.3) is 0 Å². The predicted octanol–water partition coefficient (Wildman–Crippen LogP) is 4.15. The van der Waals surface area contributed by atoms with Crippen LogP contribution in [0.3, 0.4) is 0 Å². The number of rotatable bonds is 7. The summed E-state index contributed by atoms with van der Waals surface area (Å²) in [5.74, 6) is -0.740. The summed E-state index contributed by atoms with van der Waals surface area (Å²) in [4.78, 5) is 16.0. The molecule has 1 aromatic heterocycles. The van der Waals surface area contributed by atoms with Crippen molar-refractivity contribution in [2.24, 2.45) is 5.92 Å². The molecule has 2 aromatic rings. The minimum atomic E-state index is -5.01. The first-order valence-corrected chi connectivity index (χ1v) is 9.46. The highest BCUT2D eigenvalue weighted by Gasteiger charge is 2.58. The molecule has 0 fully saturated rings. The van der Waals surface area contributed by atoms with E-state index in [1.54, 1.807) is 0 Å². The second-order valence-corrected chi connectivity index (χ2v) is 7.75. The van der Waals surface area contributed by atoms with Gasteiger partial charge in [-0.2, -0.15) is 13.2 Å². The Morgan fingerprint density at radius 2 is 1.89 bits per heavy atom. The molecule has 0 spiro atoms. The van der Waals surface area contributed by atoms with Crippen LogP contribution in [0.2, 0.25) is 0 Å². The molecule has 2 atom stereocenters. The SMILES string of the molecule is Cc1csc(C(O)(CC(=O)NCC(c2ccccc2)C(C)C)C(F)(F)F)n1. The third kappa shape index (κ3) is 5.07. The van der Waals surface area contributed by atoms with E-state index < -0.39 is 29.1 Å². The van der Waals surface area contributed by atoms with Crippen LogP contribution in [0.15, 0.2) is 35.7 Å². The topological polar surface area (TPSA) is 62.2 Å². The van der Waals surface area contributed by atoms with Crippen molar-refractivity contribution in [3.05, 3.63) is 52.0 Å².